The van der Waals surface area contributed by atoms with E-state index in [1.807, 2.05) is 37.3 Å². The van der Waals surface area contributed by atoms with Gasteiger partial charge in [0.2, 0.25) is 0 Å². The van der Waals surface area contributed by atoms with Crippen LogP contribution in [0.4, 0.5) is 0 Å². The summed E-state index contributed by atoms with van der Waals surface area (Å²) in [6.45, 7) is 1.95. The van der Waals surface area contributed by atoms with Gasteiger partial charge in [0.15, 0.2) is 0 Å². The second kappa shape index (κ2) is 3.95. The fourth-order valence-corrected chi connectivity index (χ4v) is 1.81. The fourth-order valence-electron chi connectivity index (χ4n) is 1.46. The van der Waals surface area contributed by atoms with E-state index in [1.54, 1.807) is 0 Å². The first kappa shape index (κ1) is 10.1. The van der Waals surface area contributed by atoms with Crippen molar-refractivity contribution in [3.8, 4) is 11.7 Å². The molecular weight excluding hydrogens is 212 g/mol. The van der Waals surface area contributed by atoms with Crippen LogP contribution in [0.1, 0.15) is 12.6 Å². The summed E-state index contributed by atoms with van der Waals surface area (Å²) in [6, 6.07) is 9.35. The van der Waals surface area contributed by atoms with Crippen molar-refractivity contribution in [2.45, 2.75) is 13.3 Å². The molecule has 0 saturated carbocycles. The van der Waals surface area contributed by atoms with Crippen LogP contribution in [0.15, 0.2) is 30.3 Å². The second-order valence-electron chi connectivity index (χ2n) is 3.17. The Morgan fingerprint density at radius 2 is 2.00 bits per heavy atom. The molecule has 0 spiro atoms. The van der Waals surface area contributed by atoms with Crippen molar-refractivity contribution in [3.63, 3.8) is 0 Å². The van der Waals surface area contributed by atoms with Gasteiger partial charge in [0.05, 0.1) is 11.4 Å². The highest BCUT2D eigenvalue weighted by atomic mass is 35.5. The summed E-state index contributed by atoms with van der Waals surface area (Å²) in [4.78, 5) is 3.99. The first-order valence-electron chi connectivity index (χ1n) is 4.75. The van der Waals surface area contributed by atoms with Gasteiger partial charge in [0.25, 0.3) is 6.01 Å². The number of benzene rings is 1. The molecule has 0 saturated heterocycles. The van der Waals surface area contributed by atoms with E-state index in [1.165, 1.54) is 4.57 Å². The average Bonchev–Trinajstić information content (AvgIpc) is 2.55. The molecule has 1 aromatic heterocycles. The normalized spacial score (nSPS) is 10.5. The number of imidazole rings is 1. The van der Waals surface area contributed by atoms with Gasteiger partial charge >= 0.3 is 0 Å². The van der Waals surface area contributed by atoms with Gasteiger partial charge in [-0.3, -0.25) is 4.57 Å². The van der Waals surface area contributed by atoms with Gasteiger partial charge in [-0.1, -0.05) is 36.7 Å². The number of nitrogens with zero attached hydrogens (tertiary/aromatic N) is 2. The van der Waals surface area contributed by atoms with Gasteiger partial charge in [-0.05, 0) is 18.6 Å². The van der Waals surface area contributed by atoms with Crippen LogP contribution in [0.3, 0.4) is 0 Å². The van der Waals surface area contributed by atoms with Gasteiger partial charge in [-0.15, -0.1) is 0 Å². The number of rotatable bonds is 2. The molecule has 0 amide bonds. The van der Waals surface area contributed by atoms with Crippen LogP contribution in [-0.4, -0.2) is 14.7 Å². The number of aryl methyl sites for hydroxylation is 1. The van der Waals surface area contributed by atoms with Crippen molar-refractivity contribution < 1.29 is 5.11 Å². The Balaban J connectivity index is 2.58. The zero-order valence-electron chi connectivity index (χ0n) is 8.31. The molecule has 0 aliphatic carbocycles. The minimum atomic E-state index is -0.0666. The summed E-state index contributed by atoms with van der Waals surface area (Å²) in [5, 5.41) is 10.1. The molecule has 4 heteroatoms. The van der Waals surface area contributed by atoms with Gasteiger partial charge < -0.3 is 5.11 Å². The van der Waals surface area contributed by atoms with E-state index in [2.05, 4.69) is 4.98 Å². The van der Waals surface area contributed by atoms with Gasteiger partial charge in [-0.2, -0.15) is 4.98 Å². The molecule has 1 aromatic carbocycles. The Hall–Kier alpha value is -1.48. The number of hydrogen-bond donors (Lipinski definition) is 1. The maximum atomic E-state index is 9.66. The highest BCUT2D eigenvalue weighted by Crippen LogP contribution is 2.26. The maximum Gasteiger partial charge on any atom is 0.299 e. The molecule has 3 nitrogen and oxygen atoms in total. The lowest BCUT2D eigenvalue weighted by atomic mass is 10.3. The van der Waals surface area contributed by atoms with Gasteiger partial charge in [0.1, 0.15) is 5.15 Å². The first-order valence-corrected chi connectivity index (χ1v) is 5.13. The molecule has 0 unspecified atom stereocenters. The molecule has 2 rings (SSSR count). The zero-order chi connectivity index (χ0) is 10.8. The minimum absolute atomic E-state index is 0.0666. The van der Waals surface area contributed by atoms with Crippen molar-refractivity contribution in [3.05, 3.63) is 41.2 Å². The van der Waals surface area contributed by atoms with E-state index in [0.717, 1.165) is 5.69 Å². The lowest BCUT2D eigenvalue weighted by Crippen LogP contribution is -1.93. The van der Waals surface area contributed by atoms with Crippen LogP contribution in [-0.2, 0) is 6.42 Å². The largest absolute Gasteiger partial charge is 0.480 e. The molecule has 0 bridgehead atoms. The minimum Gasteiger partial charge on any atom is -0.480 e. The Bertz CT molecular complexity index is 465. The number of aromatic hydroxyl groups is 1. The first-order chi connectivity index (χ1) is 7.24. The number of aromatic nitrogens is 2. The highest BCUT2D eigenvalue weighted by Gasteiger charge is 2.14. The number of hydrogen-bond acceptors (Lipinski definition) is 2. The van der Waals surface area contributed by atoms with Crippen molar-refractivity contribution in [1.82, 2.24) is 9.55 Å². The molecule has 0 atom stereocenters. The second-order valence-corrected chi connectivity index (χ2v) is 3.53. The van der Waals surface area contributed by atoms with Crippen LogP contribution >= 0.6 is 11.6 Å². The lowest BCUT2D eigenvalue weighted by molar-refractivity contribution is 0.422. The molecule has 0 radical (unpaired) electrons. The standard InChI is InChI=1S/C11H11ClN2O/c1-2-9-10(12)14(11(15)13-9)8-6-4-3-5-7-8/h3-7H,2H2,1H3,(H,13,15). The summed E-state index contributed by atoms with van der Waals surface area (Å²) in [5.41, 5.74) is 1.52. The molecule has 0 aliphatic rings. The molecular formula is C11H11ClN2O. The average molecular weight is 223 g/mol. The number of halogens is 1. The van der Waals surface area contributed by atoms with E-state index in [9.17, 15) is 5.11 Å². The van der Waals surface area contributed by atoms with Crippen LogP contribution in [0, 0.1) is 0 Å². The van der Waals surface area contributed by atoms with Crippen LogP contribution < -0.4 is 0 Å². The van der Waals surface area contributed by atoms with Crippen molar-refractivity contribution in [1.29, 1.82) is 0 Å². The Morgan fingerprint density at radius 3 is 2.53 bits per heavy atom. The Kier molecular flexibility index (Phi) is 2.64. The molecule has 15 heavy (non-hydrogen) atoms. The van der Waals surface area contributed by atoms with Crippen LogP contribution in [0.2, 0.25) is 5.15 Å². The van der Waals surface area contributed by atoms with E-state index in [-0.39, 0.29) is 6.01 Å². The molecule has 1 heterocycles. The van der Waals surface area contributed by atoms with Crippen molar-refractivity contribution in [2.75, 3.05) is 0 Å². The highest BCUT2D eigenvalue weighted by molar-refractivity contribution is 6.30. The molecule has 0 aliphatic heterocycles. The molecule has 2 aromatic rings. The Morgan fingerprint density at radius 1 is 1.33 bits per heavy atom. The molecule has 0 fully saturated rings. The van der Waals surface area contributed by atoms with E-state index in [0.29, 0.717) is 17.3 Å². The van der Waals surface area contributed by atoms with E-state index >= 15 is 0 Å². The van der Waals surface area contributed by atoms with Crippen molar-refractivity contribution >= 4 is 11.6 Å². The number of para-hydroxylation sites is 1. The van der Waals surface area contributed by atoms with Crippen LogP contribution in [0.5, 0.6) is 6.01 Å². The topological polar surface area (TPSA) is 38.1 Å². The van der Waals surface area contributed by atoms with Crippen molar-refractivity contribution in [2.24, 2.45) is 0 Å². The molecule has 78 valence electrons. The lowest BCUT2D eigenvalue weighted by Gasteiger charge is -2.04. The third kappa shape index (κ3) is 1.70. The summed E-state index contributed by atoms with van der Waals surface area (Å²) in [6.07, 6.45) is 0.701. The predicted octanol–water partition coefficient (Wildman–Crippen LogP) is 2.79. The van der Waals surface area contributed by atoms with Gasteiger partial charge in [-0.25, -0.2) is 0 Å². The maximum absolute atomic E-state index is 9.66. The van der Waals surface area contributed by atoms with Gasteiger partial charge in [0, 0.05) is 0 Å². The van der Waals surface area contributed by atoms with E-state index in [4.69, 9.17) is 11.6 Å². The monoisotopic (exact) mass is 222 g/mol. The zero-order valence-corrected chi connectivity index (χ0v) is 9.07. The SMILES string of the molecule is CCc1nc(O)n(-c2ccccc2)c1Cl. The van der Waals surface area contributed by atoms with E-state index < -0.39 is 0 Å². The Labute approximate surface area is 93.0 Å². The third-order valence-corrected chi connectivity index (χ3v) is 2.61. The smallest absolute Gasteiger partial charge is 0.299 e. The summed E-state index contributed by atoms with van der Waals surface area (Å²) < 4.78 is 1.53. The predicted molar refractivity (Wildman–Crippen MR) is 59.6 cm³/mol. The molecule has 1 N–H and O–H groups in total. The summed E-state index contributed by atoms with van der Waals surface area (Å²) in [5.74, 6) is 0. The summed E-state index contributed by atoms with van der Waals surface area (Å²) in [7, 11) is 0. The quantitative estimate of drug-likeness (QED) is 0.849. The fraction of sp³-hybridized carbons (Fsp3) is 0.182. The third-order valence-electron chi connectivity index (χ3n) is 2.22. The van der Waals surface area contributed by atoms with Crippen LogP contribution in [0.25, 0.3) is 5.69 Å². The summed E-state index contributed by atoms with van der Waals surface area (Å²) >= 11 is 6.10.